The first-order chi connectivity index (χ1) is 8.66. The first-order valence-electron chi connectivity index (χ1n) is 5.85. The maximum Gasteiger partial charge on any atom is 0.313 e. The third-order valence-corrected chi connectivity index (χ3v) is 2.82. The molecule has 2 rings (SSSR count). The van der Waals surface area contributed by atoms with Crippen LogP contribution < -0.4 is 4.74 Å². The zero-order valence-corrected chi connectivity index (χ0v) is 9.80. The van der Waals surface area contributed by atoms with Gasteiger partial charge in [0.1, 0.15) is 12.4 Å². The van der Waals surface area contributed by atoms with E-state index in [-0.39, 0.29) is 24.1 Å². The molecule has 1 aliphatic heterocycles. The molecule has 0 saturated carbocycles. The molecule has 0 aliphatic carbocycles. The SMILES string of the molecule is O=[N+]([O-])c1cc(F)ccc1OC[C@@H]1CCCCO1. The van der Waals surface area contributed by atoms with Crippen LogP contribution >= 0.6 is 0 Å². The van der Waals surface area contributed by atoms with E-state index in [1.807, 2.05) is 0 Å². The van der Waals surface area contributed by atoms with Crippen LogP contribution in [0.15, 0.2) is 18.2 Å². The Morgan fingerprint density at radius 1 is 1.50 bits per heavy atom. The quantitative estimate of drug-likeness (QED) is 0.613. The minimum Gasteiger partial charge on any atom is -0.484 e. The molecular weight excluding hydrogens is 241 g/mol. The molecule has 0 spiro atoms. The Bertz CT molecular complexity index is 432. The number of hydrogen-bond donors (Lipinski definition) is 0. The molecule has 0 N–H and O–H groups in total. The molecule has 0 amide bonds. The number of halogens is 1. The molecule has 1 aliphatic rings. The van der Waals surface area contributed by atoms with Crippen LogP contribution in [-0.2, 0) is 4.74 Å². The topological polar surface area (TPSA) is 61.6 Å². The van der Waals surface area contributed by atoms with Crippen LogP contribution in [0.2, 0.25) is 0 Å². The van der Waals surface area contributed by atoms with Crippen molar-refractivity contribution in [2.45, 2.75) is 25.4 Å². The second kappa shape index (κ2) is 5.77. The van der Waals surface area contributed by atoms with Gasteiger partial charge in [0, 0.05) is 6.61 Å². The van der Waals surface area contributed by atoms with E-state index in [1.54, 1.807) is 0 Å². The number of rotatable bonds is 4. The lowest BCUT2D eigenvalue weighted by atomic mass is 10.1. The molecule has 0 radical (unpaired) electrons. The summed E-state index contributed by atoms with van der Waals surface area (Å²) in [6.45, 7) is 0.950. The first-order valence-corrected chi connectivity index (χ1v) is 5.85. The van der Waals surface area contributed by atoms with Crippen LogP contribution in [0.3, 0.4) is 0 Å². The minimum absolute atomic E-state index is 0.0385. The molecular formula is C12H14FNO4. The van der Waals surface area contributed by atoms with Gasteiger partial charge in [-0.2, -0.15) is 0 Å². The number of nitro groups is 1. The van der Waals surface area contributed by atoms with Crippen molar-refractivity contribution >= 4 is 5.69 Å². The average Bonchev–Trinajstić information content (AvgIpc) is 2.38. The molecule has 1 aromatic rings. The molecule has 5 nitrogen and oxygen atoms in total. The number of hydrogen-bond acceptors (Lipinski definition) is 4. The first kappa shape index (κ1) is 12.8. The fourth-order valence-corrected chi connectivity index (χ4v) is 1.88. The Kier molecular flexibility index (Phi) is 4.09. The molecule has 18 heavy (non-hydrogen) atoms. The van der Waals surface area contributed by atoms with Crippen molar-refractivity contribution in [1.82, 2.24) is 0 Å². The highest BCUT2D eigenvalue weighted by Crippen LogP contribution is 2.28. The van der Waals surface area contributed by atoms with Gasteiger partial charge in [-0.1, -0.05) is 0 Å². The molecule has 0 bridgehead atoms. The maximum atomic E-state index is 12.9. The van der Waals surface area contributed by atoms with E-state index < -0.39 is 10.7 Å². The van der Waals surface area contributed by atoms with Crippen LogP contribution in [0.1, 0.15) is 19.3 Å². The predicted octanol–water partition coefficient (Wildman–Crippen LogP) is 2.68. The highest BCUT2D eigenvalue weighted by Gasteiger charge is 2.19. The fourth-order valence-electron chi connectivity index (χ4n) is 1.88. The Hall–Kier alpha value is -1.69. The molecule has 1 fully saturated rings. The Labute approximate surface area is 104 Å². The molecule has 6 heteroatoms. The third kappa shape index (κ3) is 3.16. The van der Waals surface area contributed by atoms with Gasteiger partial charge in [0.15, 0.2) is 5.75 Å². The zero-order chi connectivity index (χ0) is 13.0. The van der Waals surface area contributed by atoms with Crippen LogP contribution in [0.5, 0.6) is 5.75 Å². The van der Waals surface area contributed by atoms with Gasteiger partial charge in [0.05, 0.1) is 17.1 Å². The summed E-state index contributed by atoms with van der Waals surface area (Å²) < 4.78 is 23.7. The molecule has 1 aromatic carbocycles. The van der Waals surface area contributed by atoms with Crippen molar-refractivity contribution in [2.24, 2.45) is 0 Å². The number of ether oxygens (including phenoxy) is 2. The number of nitro benzene ring substituents is 1. The van der Waals surface area contributed by atoms with Crippen LogP contribution in [0, 0.1) is 15.9 Å². The number of nitrogens with zero attached hydrogens (tertiary/aromatic N) is 1. The van der Waals surface area contributed by atoms with Crippen LogP contribution in [0.4, 0.5) is 10.1 Å². The van der Waals surface area contributed by atoms with E-state index in [0.717, 1.165) is 31.4 Å². The van der Waals surface area contributed by atoms with Gasteiger partial charge in [0.25, 0.3) is 0 Å². The van der Waals surface area contributed by atoms with Crippen molar-refractivity contribution in [3.63, 3.8) is 0 Å². The lowest BCUT2D eigenvalue weighted by Gasteiger charge is -2.22. The van der Waals surface area contributed by atoms with Crippen molar-refractivity contribution in [1.29, 1.82) is 0 Å². The van der Waals surface area contributed by atoms with E-state index >= 15 is 0 Å². The van der Waals surface area contributed by atoms with Crippen molar-refractivity contribution in [3.05, 3.63) is 34.1 Å². The lowest BCUT2D eigenvalue weighted by Crippen LogP contribution is -2.25. The van der Waals surface area contributed by atoms with Crippen LogP contribution in [0.25, 0.3) is 0 Å². The van der Waals surface area contributed by atoms with Gasteiger partial charge in [-0.05, 0) is 31.4 Å². The Morgan fingerprint density at radius 3 is 3.00 bits per heavy atom. The second-order valence-electron chi connectivity index (χ2n) is 4.17. The smallest absolute Gasteiger partial charge is 0.313 e. The molecule has 0 unspecified atom stereocenters. The van der Waals surface area contributed by atoms with E-state index in [0.29, 0.717) is 6.61 Å². The molecule has 1 saturated heterocycles. The summed E-state index contributed by atoms with van der Waals surface area (Å²) in [5.74, 6) is -0.571. The summed E-state index contributed by atoms with van der Waals surface area (Å²) in [6, 6.07) is 3.28. The highest BCUT2D eigenvalue weighted by atomic mass is 19.1. The molecule has 0 aromatic heterocycles. The van der Waals surface area contributed by atoms with Crippen LogP contribution in [-0.4, -0.2) is 24.2 Å². The Balaban J connectivity index is 2.01. The largest absolute Gasteiger partial charge is 0.484 e. The normalized spacial score (nSPS) is 19.5. The van der Waals surface area contributed by atoms with Gasteiger partial charge in [-0.15, -0.1) is 0 Å². The third-order valence-electron chi connectivity index (χ3n) is 2.82. The fraction of sp³-hybridized carbons (Fsp3) is 0.500. The van der Waals surface area contributed by atoms with E-state index in [4.69, 9.17) is 9.47 Å². The van der Waals surface area contributed by atoms with E-state index in [9.17, 15) is 14.5 Å². The maximum absolute atomic E-state index is 12.9. The summed E-state index contributed by atoms with van der Waals surface area (Å²) in [5.41, 5.74) is -0.356. The lowest BCUT2D eigenvalue weighted by molar-refractivity contribution is -0.386. The molecule has 1 heterocycles. The van der Waals surface area contributed by atoms with Gasteiger partial charge < -0.3 is 9.47 Å². The zero-order valence-electron chi connectivity index (χ0n) is 9.80. The van der Waals surface area contributed by atoms with Gasteiger partial charge in [-0.3, -0.25) is 10.1 Å². The van der Waals surface area contributed by atoms with E-state index in [2.05, 4.69) is 0 Å². The van der Waals surface area contributed by atoms with Gasteiger partial charge in [-0.25, -0.2) is 4.39 Å². The standard InChI is InChI=1S/C12H14FNO4/c13-9-4-5-12(11(7-9)14(15)16)18-8-10-3-1-2-6-17-10/h4-5,7,10H,1-3,6,8H2/t10-/m0/s1. The predicted molar refractivity (Wildman–Crippen MR) is 62.1 cm³/mol. The molecule has 1 atom stereocenters. The van der Waals surface area contributed by atoms with Gasteiger partial charge in [0.2, 0.25) is 0 Å². The summed E-state index contributed by atoms with van der Waals surface area (Å²) in [5, 5.41) is 10.8. The summed E-state index contributed by atoms with van der Waals surface area (Å²) in [7, 11) is 0. The summed E-state index contributed by atoms with van der Waals surface area (Å²) in [6.07, 6.45) is 2.95. The highest BCUT2D eigenvalue weighted by molar-refractivity contribution is 5.46. The van der Waals surface area contributed by atoms with E-state index in [1.165, 1.54) is 6.07 Å². The summed E-state index contributed by atoms with van der Waals surface area (Å²) >= 11 is 0. The Morgan fingerprint density at radius 2 is 2.33 bits per heavy atom. The van der Waals surface area contributed by atoms with Crippen molar-refractivity contribution in [2.75, 3.05) is 13.2 Å². The number of benzene rings is 1. The average molecular weight is 255 g/mol. The monoisotopic (exact) mass is 255 g/mol. The van der Waals surface area contributed by atoms with Crippen molar-refractivity contribution < 1.29 is 18.8 Å². The minimum atomic E-state index is -0.653. The van der Waals surface area contributed by atoms with Crippen molar-refractivity contribution in [3.8, 4) is 5.75 Å². The second-order valence-corrected chi connectivity index (χ2v) is 4.17. The van der Waals surface area contributed by atoms with Gasteiger partial charge >= 0.3 is 5.69 Å². The molecule has 98 valence electrons. The summed E-state index contributed by atoms with van der Waals surface area (Å²) in [4.78, 5) is 10.1.